The predicted octanol–water partition coefficient (Wildman–Crippen LogP) is 5.54. The zero-order valence-electron chi connectivity index (χ0n) is 16.1. The van der Waals surface area contributed by atoms with E-state index >= 15 is 0 Å². The topological polar surface area (TPSA) is 55.3 Å². The Hall–Kier alpha value is -2.44. The van der Waals surface area contributed by atoms with Gasteiger partial charge in [-0.2, -0.15) is 0 Å². The van der Waals surface area contributed by atoms with Crippen molar-refractivity contribution in [2.75, 3.05) is 13.1 Å². The Morgan fingerprint density at radius 1 is 1.14 bits per heavy atom. The first kappa shape index (κ1) is 17.6. The first-order valence-electron chi connectivity index (χ1n) is 9.76. The van der Waals surface area contributed by atoms with Crippen molar-refractivity contribution in [2.45, 2.75) is 39.2 Å². The van der Waals surface area contributed by atoms with Crippen molar-refractivity contribution in [3.05, 3.63) is 58.6 Å². The first-order valence-corrected chi connectivity index (χ1v) is 10.6. The highest BCUT2D eigenvalue weighted by Gasteiger charge is 2.27. The predicted molar refractivity (Wildman–Crippen MR) is 111 cm³/mol. The van der Waals surface area contributed by atoms with Gasteiger partial charge in [0.15, 0.2) is 11.5 Å². The van der Waals surface area contributed by atoms with E-state index < -0.39 is 0 Å². The zero-order valence-corrected chi connectivity index (χ0v) is 17.0. The van der Waals surface area contributed by atoms with Crippen LogP contribution in [0.3, 0.4) is 0 Å². The number of thiophene rings is 1. The molecule has 0 aliphatic carbocycles. The molecule has 4 aromatic rings. The van der Waals surface area contributed by atoms with Gasteiger partial charge in [0, 0.05) is 19.0 Å². The number of aromatic nitrogens is 2. The average molecular weight is 394 g/mol. The maximum atomic E-state index is 6.03. The molecule has 3 aromatic heterocycles. The van der Waals surface area contributed by atoms with Gasteiger partial charge >= 0.3 is 0 Å². The van der Waals surface area contributed by atoms with Gasteiger partial charge in [0.05, 0.1) is 10.6 Å². The highest BCUT2D eigenvalue weighted by molar-refractivity contribution is 7.13. The Kier molecular flexibility index (Phi) is 4.53. The summed E-state index contributed by atoms with van der Waals surface area (Å²) in [6.45, 7) is 6.91. The molecule has 1 fully saturated rings. The molecule has 1 unspecified atom stereocenters. The summed E-state index contributed by atoms with van der Waals surface area (Å²) in [7, 11) is 0. The van der Waals surface area contributed by atoms with Crippen molar-refractivity contribution in [1.82, 2.24) is 14.9 Å². The quantitative estimate of drug-likeness (QED) is 0.455. The van der Waals surface area contributed by atoms with E-state index in [0.717, 1.165) is 71.7 Å². The van der Waals surface area contributed by atoms with Crippen LogP contribution in [0.4, 0.5) is 0 Å². The molecule has 6 heteroatoms. The first-order chi connectivity index (χ1) is 13.7. The highest BCUT2D eigenvalue weighted by atomic mass is 32.1. The van der Waals surface area contributed by atoms with E-state index in [1.807, 2.05) is 31.2 Å². The number of piperidine rings is 1. The summed E-state index contributed by atoms with van der Waals surface area (Å²) in [5.41, 5.74) is 4.06. The number of likely N-dealkylation sites (tertiary alicyclic amines) is 1. The molecule has 144 valence electrons. The van der Waals surface area contributed by atoms with Gasteiger partial charge in [-0.25, -0.2) is 9.97 Å². The van der Waals surface area contributed by atoms with E-state index in [4.69, 9.17) is 18.8 Å². The molecule has 28 heavy (non-hydrogen) atoms. The van der Waals surface area contributed by atoms with Gasteiger partial charge in [0.1, 0.15) is 11.3 Å². The van der Waals surface area contributed by atoms with Crippen LogP contribution < -0.4 is 0 Å². The molecule has 5 rings (SSSR count). The lowest BCUT2D eigenvalue weighted by Crippen LogP contribution is -2.34. The van der Waals surface area contributed by atoms with Gasteiger partial charge < -0.3 is 8.83 Å². The molecule has 0 saturated carbocycles. The number of hydrogen-bond acceptors (Lipinski definition) is 6. The maximum absolute atomic E-state index is 6.03. The number of hydrogen-bond donors (Lipinski definition) is 0. The molecular formula is C22H23N3O2S. The normalized spacial score (nSPS) is 18.1. The van der Waals surface area contributed by atoms with Gasteiger partial charge in [-0.05, 0) is 62.4 Å². The lowest BCUT2D eigenvalue weighted by Gasteiger charge is -2.30. The summed E-state index contributed by atoms with van der Waals surface area (Å²) in [5.74, 6) is 2.84. The van der Waals surface area contributed by atoms with Crippen molar-refractivity contribution in [1.29, 1.82) is 0 Å². The monoisotopic (exact) mass is 393 g/mol. The van der Waals surface area contributed by atoms with Crippen LogP contribution in [0.1, 0.15) is 41.7 Å². The molecule has 0 amide bonds. The molecule has 1 aromatic carbocycles. The summed E-state index contributed by atoms with van der Waals surface area (Å²) in [4.78, 5) is 13.1. The molecular weight excluding hydrogens is 370 g/mol. The van der Waals surface area contributed by atoms with Gasteiger partial charge in [0.25, 0.3) is 0 Å². The Labute approximate surface area is 168 Å². The standard InChI is InChI=1S/C22H23N3O2S/c1-14-9-11-28-20(14)22-24-18(15(2)26-22)13-25-10-5-6-16(12-25)21-23-17-7-3-4-8-19(17)27-21/h3-4,7-9,11,16H,5-6,10,12-13H2,1-2H3. The fourth-order valence-electron chi connectivity index (χ4n) is 3.94. The van der Waals surface area contributed by atoms with E-state index in [0.29, 0.717) is 5.92 Å². The fourth-order valence-corrected chi connectivity index (χ4v) is 4.79. The van der Waals surface area contributed by atoms with Crippen LogP contribution in [0, 0.1) is 13.8 Å². The fraction of sp³-hybridized carbons (Fsp3) is 0.364. The minimum atomic E-state index is 0.326. The second-order valence-electron chi connectivity index (χ2n) is 7.55. The highest BCUT2D eigenvalue weighted by Crippen LogP contribution is 2.32. The summed E-state index contributed by atoms with van der Waals surface area (Å²) >= 11 is 1.68. The van der Waals surface area contributed by atoms with Gasteiger partial charge in [0.2, 0.25) is 5.89 Å². The van der Waals surface area contributed by atoms with Gasteiger partial charge in [-0.15, -0.1) is 11.3 Å². The third-order valence-electron chi connectivity index (χ3n) is 5.49. The number of aryl methyl sites for hydroxylation is 2. The largest absolute Gasteiger partial charge is 0.440 e. The molecule has 0 spiro atoms. The van der Waals surface area contributed by atoms with Crippen LogP contribution in [0.2, 0.25) is 0 Å². The van der Waals surface area contributed by atoms with Crippen molar-refractivity contribution < 1.29 is 8.83 Å². The molecule has 5 nitrogen and oxygen atoms in total. The van der Waals surface area contributed by atoms with Crippen LogP contribution in [-0.2, 0) is 6.54 Å². The average Bonchev–Trinajstić information content (AvgIpc) is 3.40. The smallest absolute Gasteiger partial charge is 0.237 e. The molecule has 1 aliphatic rings. The van der Waals surface area contributed by atoms with Gasteiger partial charge in [-0.3, -0.25) is 4.90 Å². The lowest BCUT2D eigenvalue weighted by atomic mass is 9.98. The van der Waals surface area contributed by atoms with Crippen LogP contribution in [0.5, 0.6) is 0 Å². The van der Waals surface area contributed by atoms with E-state index in [1.54, 1.807) is 11.3 Å². The minimum Gasteiger partial charge on any atom is -0.440 e. The van der Waals surface area contributed by atoms with E-state index in [1.165, 1.54) is 5.56 Å². The van der Waals surface area contributed by atoms with Crippen molar-refractivity contribution >= 4 is 22.4 Å². The lowest BCUT2D eigenvalue weighted by molar-refractivity contribution is 0.185. The number of nitrogens with zero attached hydrogens (tertiary/aromatic N) is 3. The molecule has 0 radical (unpaired) electrons. The van der Waals surface area contributed by atoms with Crippen LogP contribution in [0.25, 0.3) is 21.9 Å². The number of fused-ring (bicyclic) bond motifs is 1. The van der Waals surface area contributed by atoms with Gasteiger partial charge in [-0.1, -0.05) is 12.1 Å². The Morgan fingerprint density at radius 3 is 2.86 bits per heavy atom. The summed E-state index contributed by atoms with van der Waals surface area (Å²) in [6.07, 6.45) is 2.25. The summed E-state index contributed by atoms with van der Waals surface area (Å²) in [6, 6.07) is 10.1. The molecule has 1 aliphatic heterocycles. The third-order valence-corrected chi connectivity index (χ3v) is 6.49. The van der Waals surface area contributed by atoms with Crippen molar-refractivity contribution in [3.63, 3.8) is 0 Å². The van der Waals surface area contributed by atoms with E-state index in [9.17, 15) is 0 Å². The molecule has 0 N–H and O–H groups in total. The van der Waals surface area contributed by atoms with E-state index in [-0.39, 0.29) is 0 Å². The SMILES string of the molecule is Cc1ccsc1-c1nc(CN2CCCC(c3nc4ccccc4o3)C2)c(C)o1. The Balaban J connectivity index is 1.33. The molecule has 1 saturated heterocycles. The molecule has 4 heterocycles. The number of benzene rings is 1. The number of rotatable bonds is 4. The summed E-state index contributed by atoms with van der Waals surface area (Å²) in [5, 5.41) is 2.08. The third kappa shape index (κ3) is 3.27. The second-order valence-corrected chi connectivity index (χ2v) is 8.46. The van der Waals surface area contributed by atoms with E-state index in [2.05, 4.69) is 23.3 Å². The van der Waals surface area contributed by atoms with Crippen molar-refractivity contribution in [3.8, 4) is 10.8 Å². The van der Waals surface area contributed by atoms with Crippen LogP contribution >= 0.6 is 11.3 Å². The number of para-hydroxylation sites is 2. The minimum absolute atomic E-state index is 0.326. The molecule has 1 atom stereocenters. The molecule has 0 bridgehead atoms. The Morgan fingerprint density at radius 2 is 2.04 bits per heavy atom. The summed E-state index contributed by atoms with van der Waals surface area (Å²) < 4.78 is 12.0. The van der Waals surface area contributed by atoms with Crippen LogP contribution in [0.15, 0.2) is 44.5 Å². The number of oxazole rings is 2. The zero-order chi connectivity index (χ0) is 19.1. The second kappa shape index (κ2) is 7.18. The van der Waals surface area contributed by atoms with Crippen LogP contribution in [-0.4, -0.2) is 28.0 Å². The van der Waals surface area contributed by atoms with Crippen molar-refractivity contribution in [2.24, 2.45) is 0 Å². The Bertz CT molecular complexity index is 1080. The maximum Gasteiger partial charge on any atom is 0.237 e.